The Labute approximate surface area is 124 Å². The molecule has 21 heavy (non-hydrogen) atoms. The van der Waals surface area contributed by atoms with E-state index in [0.29, 0.717) is 19.8 Å². The molecule has 0 heterocycles. The molecule has 0 amide bonds. The summed E-state index contributed by atoms with van der Waals surface area (Å²) in [5.74, 6) is 0.843. The zero-order chi connectivity index (χ0) is 16.0. The maximum Gasteiger partial charge on any atom is 0.397 e. The fourth-order valence-corrected chi connectivity index (χ4v) is 1.30. The molecule has 0 unspecified atom stereocenters. The predicted octanol–water partition coefficient (Wildman–Crippen LogP) is 1.07. The van der Waals surface area contributed by atoms with Crippen molar-refractivity contribution in [2.24, 2.45) is 0 Å². The highest BCUT2D eigenvalue weighted by atomic mass is 32.3. The van der Waals surface area contributed by atoms with Crippen molar-refractivity contribution in [2.45, 2.75) is 0 Å². The van der Waals surface area contributed by atoms with Gasteiger partial charge >= 0.3 is 10.4 Å². The summed E-state index contributed by atoms with van der Waals surface area (Å²) in [6.07, 6.45) is 1.22. The quantitative estimate of drug-likeness (QED) is 0.398. The summed E-state index contributed by atoms with van der Waals surface area (Å²) in [5.41, 5.74) is 0. The van der Waals surface area contributed by atoms with Crippen LogP contribution in [0.15, 0.2) is 43.0 Å². The average Bonchev–Trinajstić information content (AvgIpc) is 2.46. The second kappa shape index (κ2) is 12.3. The Bertz CT molecular complexity index is 459. The van der Waals surface area contributed by atoms with Crippen LogP contribution in [0.4, 0.5) is 0 Å². The molecule has 1 aromatic carbocycles. The Morgan fingerprint density at radius 3 is 2.29 bits per heavy atom. The van der Waals surface area contributed by atoms with Gasteiger partial charge in [-0.25, -0.2) is 4.18 Å². The Balaban J connectivity index is 0.000000433. The molecule has 0 spiro atoms. The Morgan fingerprint density at radius 1 is 1.14 bits per heavy atom. The number of rotatable bonds is 9. The van der Waals surface area contributed by atoms with Gasteiger partial charge in [0.1, 0.15) is 12.4 Å². The predicted molar refractivity (Wildman–Crippen MR) is 77.5 cm³/mol. The van der Waals surface area contributed by atoms with Gasteiger partial charge in [0.25, 0.3) is 0 Å². The molecule has 0 aromatic heterocycles. The molecule has 7 nitrogen and oxygen atoms in total. The smallest absolute Gasteiger partial charge is 0.397 e. The van der Waals surface area contributed by atoms with Crippen LogP contribution < -0.4 is 4.74 Å². The normalized spacial score (nSPS) is 10.4. The molecule has 0 bridgehead atoms. The van der Waals surface area contributed by atoms with E-state index in [2.05, 4.69) is 10.8 Å². The van der Waals surface area contributed by atoms with Crippen LogP contribution in [0.25, 0.3) is 0 Å². The van der Waals surface area contributed by atoms with E-state index in [1.165, 1.54) is 6.08 Å². The van der Waals surface area contributed by atoms with Crippen LogP contribution in [0.2, 0.25) is 0 Å². The van der Waals surface area contributed by atoms with Crippen molar-refractivity contribution in [3.05, 3.63) is 43.0 Å². The van der Waals surface area contributed by atoms with Gasteiger partial charge < -0.3 is 14.6 Å². The van der Waals surface area contributed by atoms with Gasteiger partial charge in [0.15, 0.2) is 0 Å². The molecule has 8 heteroatoms. The van der Waals surface area contributed by atoms with Crippen molar-refractivity contribution in [1.29, 1.82) is 0 Å². The number of aliphatic hydroxyl groups is 1. The number of hydrogen-bond donors (Lipinski definition) is 2. The van der Waals surface area contributed by atoms with Crippen molar-refractivity contribution < 1.29 is 31.7 Å². The average molecular weight is 320 g/mol. The highest BCUT2D eigenvalue weighted by molar-refractivity contribution is 7.80. The lowest BCUT2D eigenvalue weighted by molar-refractivity contribution is 0.0705. The lowest BCUT2D eigenvalue weighted by atomic mass is 10.3. The molecule has 2 N–H and O–H groups in total. The van der Waals surface area contributed by atoms with E-state index >= 15 is 0 Å². The standard InChI is InChI=1S/C10H14O3.C3H6O4S/c11-6-7-12-8-9-13-10-4-2-1-3-5-10;1-2-3-7-8(4,5)6/h1-5,11H,6-9H2;2H,1,3H2,(H,4,5,6). The molecule has 0 saturated carbocycles. The minimum Gasteiger partial charge on any atom is -0.491 e. The van der Waals surface area contributed by atoms with E-state index < -0.39 is 10.4 Å². The third-order valence-electron chi connectivity index (χ3n) is 1.81. The number of benzene rings is 1. The van der Waals surface area contributed by atoms with E-state index in [9.17, 15) is 8.42 Å². The van der Waals surface area contributed by atoms with Crippen LogP contribution in [-0.2, 0) is 19.3 Å². The molecular formula is C13H20O7S. The lowest BCUT2D eigenvalue weighted by Crippen LogP contribution is -2.08. The van der Waals surface area contributed by atoms with Gasteiger partial charge in [-0.1, -0.05) is 24.3 Å². The zero-order valence-corrected chi connectivity index (χ0v) is 12.4. The SMILES string of the molecule is C=CCOS(=O)(=O)O.OCCOCCOc1ccccc1. The minimum atomic E-state index is -4.26. The minimum absolute atomic E-state index is 0.0609. The Morgan fingerprint density at radius 2 is 1.81 bits per heavy atom. The molecule has 0 radical (unpaired) electrons. The first-order valence-electron chi connectivity index (χ1n) is 6.08. The van der Waals surface area contributed by atoms with Crippen LogP contribution in [0, 0.1) is 0 Å². The summed E-state index contributed by atoms with van der Waals surface area (Å²) in [6.45, 7) is 4.43. The van der Waals surface area contributed by atoms with Gasteiger partial charge in [-0.2, -0.15) is 8.42 Å². The third kappa shape index (κ3) is 14.8. The van der Waals surface area contributed by atoms with Crippen LogP contribution in [0.5, 0.6) is 5.75 Å². The Hall–Kier alpha value is -1.45. The molecule has 120 valence electrons. The first-order chi connectivity index (χ1) is 9.99. The summed E-state index contributed by atoms with van der Waals surface area (Å²) in [4.78, 5) is 0. The summed E-state index contributed by atoms with van der Waals surface area (Å²) < 4.78 is 41.4. The molecule has 0 atom stereocenters. The van der Waals surface area contributed by atoms with Crippen molar-refractivity contribution in [3.63, 3.8) is 0 Å². The fraction of sp³-hybridized carbons (Fsp3) is 0.385. The third-order valence-corrected chi connectivity index (χ3v) is 2.24. The van der Waals surface area contributed by atoms with Crippen molar-refractivity contribution >= 4 is 10.4 Å². The van der Waals surface area contributed by atoms with Gasteiger partial charge in [-0.15, -0.1) is 6.58 Å². The second-order valence-corrected chi connectivity index (χ2v) is 4.59. The van der Waals surface area contributed by atoms with Gasteiger partial charge in [-0.05, 0) is 12.1 Å². The summed E-state index contributed by atoms with van der Waals surface area (Å²) in [5, 5.41) is 8.42. The van der Waals surface area contributed by atoms with Gasteiger partial charge in [0.2, 0.25) is 0 Å². The number of aliphatic hydroxyl groups excluding tert-OH is 1. The largest absolute Gasteiger partial charge is 0.491 e. The van der Waals surface area contributed by atoms with Crippen molar-refractivity contribution in [1.82, 2.24) is 0 Å². The maximum absolute atomic E-state index is 9.68. The highest BCUT2D eigenvalue weighted by Crippen LogP contribution is 2.07. The van der Waals surface area contributed by atoms with E-state index in [1.54, 1.807) is 0 Å². The number of ether oxygens (including phenoxy) is 2. The fourth-order valence-electron chi connectivity index (χ4n) is 1.04. The molecule has 1 aromatic rings. The number of para-hydroxylation sites is 1. The van der Waals surface area contributed by atoms with E-state index in [4.69, 9.17) is 19.1 Å². The van der Waals surface area contributed by atoms with Gasteiger partial charge in [-0.3, -0.25) is 4.55 Å². The first kappa shape index (κ1) is 19.6. The van der Waals surface area contributed by atoms with Crippen molar-refractivity contribution in [2.75, 3.05) is 33.0 Å². The molecule has 0 fully saturated rings. The van der Waals surface area contributed by atoms with Crippen LogP contribution in [-0.4, -0.2) is 51.1 Å². The molecule has 1 rings (SSSR count). The maximum atomic E-state index is 9.68. The Kier molecular flexibility index (Phi) is 11.5. The summed E-state index contributed by atoms with van der Waals surface area (Å²) in [6, 6.07) is 9.57. The first-order valence-corrected chi connectivity index (χ1v) is 7.45. The lowest BCUT2D eigenvalue weighted by Gasteiger charge is -2.05. The summed E-state index contributed by atoms with van der Waals surface area (Å²) in [7, 11) is -4.26. The molecular weight excluding hydrogens is 300 g/mol. The molecule has 0 aliphatic heterocycles. The molecule has 0 aliphatic rings. The van der Waals surface area contributed by atoms with E-state index in [1.807, 2.05) is 30.3 Å². The topological polar surface area (TPSA) is 102 Å². The monoisotopic (exact) mass is 320 g/mol. The van der Waals surface area contributed by atoms with Crippen molar-refractivity contribution in [3.8, 4) is 5.75 Å². The second-order valence-electron chi connectivity index (χ2n) is 3.50. The van der Waals surface area contributed by atoms with Gasteiger partial charge in [0, 0.05) is 0 Å². The van der Waals surface area contributed by atoms with Crippen LogP contribution in [0.1, 0.15) is 0 Å². The highest BCUT2D eigenvalue weighted by Gasteiger charge is 1.99. The van der Waals surface area contributed by atoms with E-state index in [-0.39, 0.29) is 13.2 Å². The van der Waals surface area contributed by atoms with E-state index in [0.717, 1.165) is 5.75 Å². The molecule has 0 aliphatic carbocycles. The van der Waals surface area contributed by atoms with Crippen LogP contribution >= 0.6 is 0 Å². The van der Waals surface area contributed by atoms with Crippen LogP contribution in [0.3, 0.4) is 0 Å². The molecule has 0 saturated heterocycles. The summed E-state index contributed by atoms with van der Waals surface area (Å²) >= 11 is 0. The number of hydrogen-bond acceptors (Lipinski definition) is 6. The van der Waals surface area contributed by atoms with Gasteiger partial charge in [0.05, 0.1) is 26.4 Å². The zero-order valence-electron chi connectivity index (χ0n) is 11.6.